The molecule has 42 heavy (non-hydrogen) atoms. The summed E-state index contributed by atoms with van der Waals surface area (Å²) < 4.78 is 22.6. The minimum atomic E-state index is -1.95. The summed E-state index contributed by atoms with van der Waals surface area (Å²) in [6.07, 6.45) is 39.4. The predicted octanol–water partition coefficient (Wildman–Crippen LogP) is 14.1. The van der Waals surface area contributed by atoms with E-state index in [9.17, 15) is 4.57 Å². The summed E-state index contributed by atoms with van der Waals surface area (Å²) in [7, 11) is -1.95. The molecule has 252 valence electrons. The topological polar surface area (TPSA) is 35.5 Å². The molecule has 0 aromatic carbocycles. The Labute approximate surface area is 274 Å². The molecule has 0 bridgehead atoms. The van der Waals surface area contributed by atoms with Gasteiger partial charge in [0.2, 0.25) is 0 Å². The van der Waals surface area contributed by atoms with Gasteiger partial charge in [-0.1, -0.05) is 181 Å². The van der Waals surface area contributed by atoms with Gasteiger partial charge in [-0.3, -0.25) is 0 Å². The van der Waals surface area contributed by atoms with Gasteiger partial charge >= 0.3 is 8.25 Å². The molecular weight excluding hydrogens is 576 g/mol. The van der Waals surface area contributed by atoms with E-state index in [2.05, 4.69) is 13.8 Å². The standard InChI is InChI=1S/C36H74O3PS2/c1-3-5-7-9-11-13-15-17-19-21-23-25-27-29-33-41-35-31-38-40(37)39-32-36-42-34-30-28-26-24-22-20-18-16-14-12-10-8-6-4-2/h3-36H2,1-2H3/q+1. The van der Waals surface area contributed by atoms with Crippen LogP contribution in [0.4, 0.5) is 0 Å². The highest BCUT2D eigenvalue weighted by atomic mass is 32.2. The van der Waals surface area contributed by atoms with Crippen molar-refractivity contribution in [1.82, 2.24) is 0 Å². The number of thioether (sulfide) groups is 2. The Hall–Kier alpha value is 0.720. The van der Waals surface area contributed by atoms with Gasteiger partial charge in [-0.2, -0.15) is 23.5 Å². The van der Waals surface area contributed by atoms with Crippen molar-refractivity contribution in [3.63, 3.8) is 0 Å². The van der Waals surface area contributed by atoms with Crippen LogP contribution in [0.1, 0.15) is 194 Å². The maximum Gasteiger partial charge on any atom is 0.697 e. The second-order valence-electron chi connectivity index (χ2n) is 12.3. The van der Waals surface area contributed by atoms with Crippen LogP contribution in [0.2, 0.25) is 0 Å². The Morgan fingerprint density at radius 1 is 0.357 bits per heavy atom. The summed E-state index contributed by atoms with van der Waals surface area (Å²) in [5, 5.41) is 0. The Kier molecular flexibility index (Phi) is 40.4. The third kappa shape index (κ3) is 38.7. The fourth-order valence-electron chi connectivity index (χ4n) is 5.38. The minimum absolute atomic E-state index is 0.532. The summed E-state index contributed by atoms with van der Waals surface area (Å²) >= 11 is 3.83. The molecule has 0 heterocycles. The van der Waals surface area contributed by atoms with E-state index < -0.39 is 8.25 Å². The molecule has 3 nitrogen and oxygen atoms in total. The lowest BCUT2D eigenvalue weighted by molar-refractivity contribution is 0.246. The van der Waals surface area contributed by atoms with E-state index in [0.717, 1.165) is 11.5 Å². The smallest absolute Gasteiger partial charge is 0.159 e. The third-order valence-corrected chi connectivity index (χ3v) is 11.0. The molecular formula is C36H74O3PS2+. The van der Waals surface area contributed by atoms with Crippen LogP contribution < -0.4 is 0 Å². The van der Waals surface area contributed by atoms with Crippen molar-refractivity contribution in [2.75, 3.05) is 36.2 Å². The SMILES string of the molecule is CCCCCCCCCCCCCCCCSCCO[P+](=O)OCCSCCCCCCCCCCCCCCCC. The van der Waals surface area contributed by atoms with Gasteiger partial charge < -0.3 is 0 Å². The Morgan fingerprint density at radius 3 is 0.857 bits per heavy atom. The number of unbranched alkanes of at least 4 members (excludes halogenated alkanes) is 26. The van der Waals surface area contributed by atoms with Crippen LogP contribution in [0.3, 0.4) is 0 Å². The lowest BCUT2D eigenvalue weighted by atomic mass is 10.0. The van der Waals surface area contributed by atoms with Crippen molar-refractivity contribution in [2.24, 2.45) is 0 Å². The molecule has 0 amide bonds. The van der Waals surface area contributed by atoms with Gasteiger partial charge in [-0.25, -0.2) is 0 Å². The maximum absolute atomic E-state index is 11.9. The second-order valence-corrected chi connectivity index (χ2v) is 15.7. The minimum Gasteiger partial charge on any atom is -0.159 e. The van der Waals surface area contributed by atoms with Crippen LogP contribution in [0.5, 0.6) is 0 Å². The number of hydrogen-bond acceptors (Lipinski definition) is 5. The van der Waals surface area contributed by atoms with E-state index in [1.165, 1.54) is 191 Å². The van der Waals surface area contributed by atoms with Crippen molar-refractivity contribution < 1.29 is 13.6 Å². The van der Waals surface area contributed by atoms with Gasteiger partial charge in [0.15, 0.2) is 0 Å². The molecule has 0 unspecified atom stereocenters. The highest BCUT2D eigenvalue weighted by Gasteiger charge is 2.19. The average molecular weight is 650 g/mol. The summed E-state index contributed by atoms with van der Waals surface area (Å²) in [5.41, 5.74) is 0. The molecule has 0 aliphatic carbocycles. The van der Waals surface area contributed by atoms with E-state index in [4.69, 9.17) is 9.05 Å². The van der Waals surface area contributed by atoms with E-state index in [1.54, 1.807) is 0 Å². The molecule has 0 spiro atoms. The van der Waals surface area contributed by atoms with Crippen molar-refractivity contribution >= 4 is 31.8 Å². The summed E-state index contributed by atoms with van der Waals surface area (Å²) in [6.45, 7) is 5.64. The van der Waals surface area contributed by atoms with Gasteiger partial charge in [-0.15, -0.1) is 9.05 Å². The molecule has 0 aliphatic rings. The molecule has 0 rings (SSSR count). The van der Waals surface area contributed by atoms with Crippen LogP contribution in [-0.2, 0) is 13.6 Å². The molecule has 0 N–H and O–H groups in total. The quantitative estimate of drug-likeness (QED) is 0.0491. The second kappa shape index (κ2) is 39.7. The fraction of sp³-hybridized carbons (Fsp3) is 1.00. The highest BCUT2D eigenvalue weighted by Crippen LogP contribution is 2.24. The van der Waals surface area contributed by atoms with Gasteiger partial charge in [0.1, 0.15) is 13.2 Å². The van der Waals surface area contributed by atoms with E-state index in [1.807, 2.05) is 23.5 Å². The zero-order chi connectivity index (χ0) is 30.4. The predicted molar refractivity (Wildman–Crippen MR) is 195 cm³/mol. The van der Waals surface area contributed by atoms with Crippen molar-refractivity contribution in [1.29, 1.82) is 0 Å². The van der Waals surface area contributed by atoms with Crippen molar-refractivity contribution in [2.45, 2.75) is 194 Å². The molecule has 0 aromatic rings. The molecule has 0 aliphatic heterocycles. The lowest BCUT2D eigenvalue weighted by Crippen LogP contribution is -1.96. The zero-order valence-corrected chi connectivity index (χ0v) is 31.1. The molecule has 0 radical (unpaired) electrons. The summed E-state index contributed by atoms with van der Waals surface area (Å²) in [4.78, 5) is 0. The van der Waals surface area contributed by atoms with Crippen molar-refractivity contribution in [3.05, 3.63) is 0 Å². The molecule has 0 saturated heterocycles. The molecule has 0 saturated carbocycles. The monoisotopic (exact) mass is 649 g/mol. The molecule has 0 atom stereocenters. The van der Waals surface area contributed by atoms with E-state index in [0.29, 0.717) is 13.2 Å². The van der Waals surface area contributed by atoms with Crippen LogP contribution in [0, 0.1) is 0 Å². The summed E-state index contributed by atoms with van der Waals surface area (Å²) in [5.74, 6) is 4.21. The first-order chi connectivity index (χ1) is 20.8. The van der Waals surface area contributed by atoms with Gasteiger partial charge in [0.05, 0.1) is 0 Å². The van der Waals surface area contributed by atoms with Gasteiger partial charge in [-0.05, 0) is 24.3 Å². The number of hydrogen-bond donors (Lipinski definition) is 0. The van der Waals surface area contributed by atoms with Crippen LogP contribution in [0.25, 0.3) is 0 Å². The van der Waals surface area contributed by atoms with Crippen LogP contribution in [-0.4, -0.2) is 36.2 Å². The van der Waals surface area contributed by atoms with Gasteiger partial charge in [0, 0.05) is 16.1 Å². The molecule has 6 heteroatoms. The molecule has 0 fully saturated rings. The lowest BCUT2D eigenvalue weighted by Gasteiger charge is -2.03. The maximum atomic E-state index is 11.9. The summed E-state index contributed by atoms with van der Waals surface area (Å²) in [6, 6.07) is 0. The Bertz CT molecular complexity index is 468. The first kappa shape index (κ1) is 42.7. The van der Waals surface area contributed by atoms with Crippen molar-refractivity contribution in [3.8, 4) is 0 Å². The first-order valence-electron chi connectivity index (χ1n) is 18.7. The average Bonchev–Trinajstić information content (AvgIpc) is 3.00. The Balaban J connectivity index is 3.14. The van der Waals surface area contributed by atoms with E-state index in [-0.39, 0.29) is 0 Å². The number of rotatable bonds is 38. The third-order valence-electron chi connectivity index (χ3n) is 8.13. The van der Waals surface area contributed by atoms with Crippen LogP contribution in [0.15, 0.2) is 0 Å². The van der Waals surface area contributed by atoms with E-state index >= 15 is 0 Å². The fourth-order valence-corrected chi connectivity index (χ4v) is 7.81. The van der Waals surface area contributed by atoms with Crippen LogP contribution >= 0.6 is 31.8 Å². The molecule has 0 aromatic heterocycles. The highest BCUT2D eigenvalue weighted by molar-refractivity contribution is 7.99. The zero-order valence-electron chi connectivity index (χ0n) is 28.5. The van der Waals surface area contributed by atoms with Gasteiger partial charge in [0.25, 0.3) is 0 Å². The first-order valence-corrected chi connectivity index (χ1v) is 22.1. The normalized spacial score (nSPS) is 11.5. The largest absolute Gasteiger partial charge is 0.697 e. The Morgan fingerprint density at radius 2 is 0.595 bits per heavy atom.